The third kappa shape index (κ3) is 4.09. The summed E-state index contributed by atoms with van der Waals surface area (Å²) in [6.45, 7) is 3.91. The standard InChI is InChI=1S/C17H18N2O3/c1-12(2)22-16-10-6-3-7-13(16)11-18-19-15-9-5-4-8-14(15)17(20)21/h3-12,19H,1-2H3,(H,20,21)/b18-11+. The fraction of sp³-hybridized carbons (Fsp3) is 0.176. The first-order valence-corrected chi connectivity index (χ1v) is 6.95. The number of hydrazone groups is 1. The minimum atomic E-state index is -0.998. The number of nitrogens with zero attached hydrogens (tertiary/aromatic N) is 1. The van der Waals surface area contributed by atoms with Crippen molar-refractivity contribution >= 4 is 17.9 Å². The van der Waals surface area contributed by atoms with Crippen molar-refractivity contribution in [1.29, 1.82) is 0 Å². The third-order valence-corrected chi connectivity index (χ3v) is 2.83. The van der Waals surface area contributed by atoms with Crippen LogP contribution in [0.4, 0.5) is 5.69 Å². The second-order valence-corrected chi connectivity index (χ2v) is 4.93. The Kier molecular flexibility index (Phi) is 5.14. The minimum absolute atomic E-state index is 0.0650. The van der Waals surface area contributed by atoms with Crippen LogP contribution in [-0.2, 0) is 0 Å². The van der Waals surface area contributed by atoms with Gasteiger partial charge in [0.2, 0.25) is 0 Å². The summed E-state index contributed by atoms with van der Waals surface area (Å²) in [5.41, 5.74) is 4.18. The zero-order chi connectivity index (χ0) is 15.9. The summed E-state index contributed by atoms with van der Waals surface area (Å²) in [6, 6.07) is 14.1. The van der Waals surface area contributed by atoms with Gasteiger partial charge in [-0.2, -0.15) is 5.10 Å². The molecular weight excluding hydrogens is 280 g/mol. The van der Waals surface area contributed by atoms with Gasteiger partial charge in [-0.25, -0.2) is 4.79 Å². The van der Waals surface area contributed by atoms with Gasteiger partial charge >= 0.3 is 5.97 Å². The van der Waals surface area contributed by atoms with Crippen molar-refractivity contribution in [2.75, 3.05) is 5.43 Å². The van der Waals surface area contributed by atoms with Gasteiger partial charge in [0.15, 0.2) is 0 Å². The molecule has 114 valence electrons. The SMILES string of the molecule is CC(C)Oc1ccccc1/C=N/Nc1ccccc1C(=O)O. The fourth-order valence-electron chi connectivity index (χ4n) is 1.89. The normalized spacial score (nSPS) is 10.9. The Bertz CT molecular complexity index is 681. The quantitative estimate of drug-likeness (QED) is 0.631. The second kappa shape index (κ2) is 7.26. The molecule has 5 nitrogen and oxygen atoms in total. The zero-order valence-electron chi connectivity index (χ0n) is 12.5. The van der Waals surface area contributed by atoms with E-state index in [2.05, 4.69) is 10.5 Å². The van der Waals surface area contributed by atoms with Crippen LogP contribution in [-0.4, -0.2) is 23.4 Å². The predicted molar refractivity (Wildman–Crippen MR) is 86.8 cm³/mol. The van der Waals surface area contributed by atoms with E-state index in [-0.39, 0.29) is 11.7 Å². The van der Waals surface area contributed by atoms with Crippen molar-refractivity contribution in [1.82, 2.24) is 0 Å². The van der Waals surface area contributed by atoms with Gasteiger partial charge in [0, 0.05) is 5.56 Å². The van der Waals surface area contributed by atoms with E-state index in [1.165, 1.54) is 6.07 Å². The highest BCUT2D eigenvalue weighted by molar-refractivity contribution is 5.94. The van der Waals surface area contributed by atoms with Crippen LogP contribution in [0.15, 0.2) is 53.6 Å². The minimum Gasteiger partial charge on any atom is -0.490 e. The van der Waals surface area contributed by atoms with Crippen molar-refractivity contribution < 1.29 is 14.6 Å². The van der Waals surface area contributed by atoms with Crippen molar-refractivity contribution in [3.05, 3.63) is 59.7 Å². The maximum absolute atomic E-state index is 11.1. The van der Waals surface area contributed by atoms with Crippen LogP contribution in [0.1, 0.15) is 29.8 Å². The van der Waals surface area contributed by atoms with E-state index in [4.69, 9.17) is 9.84 Å². The fourth-order valence-corrected chi connectivity index (χ4v) is 1.89. The van der Waals surface area contributed by atoms with Crippen molar-refractivity contribution in [3.8, 4) is 5.75 Å². The summed E-state index contributed by atoms with van der Waals surface area (Å²) in [5, 5.41) is 13.2. The number of carboxylic acids is 1. The van der Waals surface area contributed by atoms with Crippen molar-refractivity contribution in [3.63, 3.8) is 0 Å². The van der Waals surface area contributed by atoms with Crippen molar-refractivity contribution in [2.45, 2.75) is 20.0 Å². The molecule has 0 aliphatic heterocycles. The molecular formula is C17H18N2O3. The number of hydrogen-bond donors (Lipinski definition) is 2. The van der Waals surface area contributed by atoms with Crippen molar-refractivity contribution in [2.24, 2.45) is 5.10 Å². The molecule has 0 radical (unpaired) electrons. The van der Waals surface area contributed by atoms with E-state index in [1.54, 1.807) is 24.4 Å². The molecule has 0 saturated carbocycles. The topological polar surface area (TPSA) is 70.9 Å². The Labute approximate surface area is 129 Å². The van der Waals surface area contributed by atoms with Gasteiger partial charge in [-0.1, -0.05) is 24.3 Å². The highest BCUT2D eigenvalue weighted by Gasteiger charge is 2.08. The molecule has 0 aliphatic rings. The lowest BCUT2D eigenvalue weighted by Crippen LogP contribution is -2.07. The van der Waals surface area contributed by atoms with Crippen LogP contribution in [0.25, 0.3) is 0 Å². The highest BCUT2D eigenvalue weighted by Crippen LogP contribution is 2.18. The molecule has 0 amide bonds. The molecule has 0 aliphatic carbocycles. The number of para-hydroxylation sites is 2. The lowest BCUT2D eigenvalue weighted by molar-refractivity contribution is 0.0698. The summed E-state index contributed by atoms with van der Waals surface area (Å²) in [4.78, 5) is 11.1. The molecule has 0 unspecified atom stereocenters. The number of benzene rings is 2. The molecule has 0 aromatic heterocycles. The van der Waals surface area contributed by atoms with Crippen LogP contribution >= 0.6 is 0 Å². The van der Waals surface area contributed by atoms with Gasteiger partial charge in [-0.3, -0.25) is 5.43 Å². The van der Waals surface area contributed by atoms with E-state index in [0.29, 0.717) is 5.69 Å². The van der Waals surface area contributed by atoms with Crippen LogP contribution in [0.2, 0.25) is 0 Å². The Morgan fingerprint density at radius 2 is 1.86 bits per heavy atom. The van der Waals surface area contributed by atoms with Crippen LogP contribution in [0.3, 0.4) is 0 Å². The van der Waals surface area contributed by atoms with Gasteiger partial charge in [0.1, 0.15) is 5.75 Å². The van der Waals surface area contributed by atoms with Gasteiger partial charge in [0.05, 0.1) is 23.6 Å². The zero-order valence-corrected chi connectivity index (χ0v) is 12.5. The third-order valence-electron chi connectivity index (χ3n) is 2.83. The monoisotopic (exact) mass is 298 g/mol. The lowest BCUT2D eigenvalue weighted by Gasteiger charge is -2.11. The first kappa shape index (κ1) is 15.6. The maximum atomic E-state index is 11.1. The molecule has 2 rings (SSSR count). The average Bonchev–Trinajstić information content (AvgIpc) is 2.49. The van der Waals surface area contributed by atoms with E-state index >= 15 is 0 Å². The van der Waals surface area contributed by atoms with Crippen LogP contribution in [0.5, 0.6) is 5.75 Å². The van der Waals surface area contributed by atoms with Crippen LogP contribution in [0, 0.1) is 0 Å². The number of rotatable bonds is 6. The summed E-state index contributed by atoms with van der Waals surface area (Å²) >= 11 is 0. The summed E-state index contributed by atoms with van der Waals surface area (Å²) < 4.78 is 5.70. The van der Waals surface area contributed by atoms with Gasteiger partial charge < -0.3 is 9.84 Å². The highest BCUT2D eigenvalue weighted by atomic mass is 16.5. The number of hydrogen-bond acceptors (Lipinski definition) is 4. The molecule has 5 heteroatoms. The molecule has 0 atom stereocenters. The first-order chi connectivity index (χ1) is 10.6. The maximum Gasteiger partial charge on any atom is 0.337 e. The van der Waals surface area contributed by atoms with Gasteiger partial charge in [-0.05, 0) is 38.1 Å². The molecule has 0 bridgehead atoms. The smallest absolute Gasteiger partial charge is 0.337 e. The Balaban J connectivity index is 2.15. The molecule has 2 N–H and O–H groups in total. The number of carbonyl (C=O) groups is 1. The largest absolute Gasteiger partial charge is 0.490 e. The number of carboxylic acid groups (broad SMARTS) is 1. The lowest BCUT2D eigenvalue weighted by atomic mass is 10.2. The second-order valence-electron chi connectivity index (χ2n) is 4.93. The molecule has 2 aromatic carbocycles. The number of anilines is 1. The van der Waals surface area contributed by atoms with E-state index in [1.807, 2.05) is 38.1 Å². The Hall–Kier alpha value is -2.82. The van der Waals surface area contributed by atoms with Crippen LogP contribution < -0.4 is 10.2 Å². The van der Waals surface area contributed by atoms with E-state index < -0.39 is 5.97 Å². The summed E-state index contributed by atoms with van der Waals surface area (Å²) in [6.07, 6.45) is 1.67. The molecule has 0 heterocycles. The summed E-state index contributed by atoms with van der Waals surface area (Å²) in [7, 11) is 0. The first-order valence-electron chi connectivity index (χ1n) is 6.95. The molecule has 2 aromatic rings. The Morgan fingerprint density at radius 1 is 1.18 bits per heavy atom. The number of aromatic carboxylic acids is 1. The predicted octanol–water partition coefficient (Wildman–Crippen LogP) is 3.62. The molecule has 22 heavy (non-hydrogen) atoms. The Morgan fingerprint density at radius 3 is 2.59 bits per heavy atom. The average molecular weight is 298 g/mol. The van der Waals surface area contributed by atoms with E-state index in [0.717, 1.165) is 11.3 Å². The number of nitrogens with one attached hydrogen (secondary N) is 1. The number of ether oxygens (including phenoxy) is 1. The summed E-state index contributed by atoms with van der Waals surface area (Å²) in [5.74, 6) is -0.267. The molecule has 0 spiro atoms. The van der Waals surface area contributed by atoms with Gasteiger partial charge in [-0.15, -0.1) is 0 Å². The van der Waals surface area contributed by atoms with Gasteiger partial charge in [0.25, 0.3) is 0 Å². The molecule has 0 fully saturated rings. The van der Waals surface area contributed by atoms with E-state index in [9.17, 15) is 4.79 Å². The molecule has 0 saturated heterocycles.